The highest BCUT2D eigenvalue weighted by Crippen LogP contribution is 2.21. The van der Waals surface area contributed by atoms with Crippen molar-refractivity contribution in [2.75, 3.05) is 18.4 Å². The molecule has 0 radical (unpaired) electrons. The van der Waals surface area contributed by atoms with E-state index in [2.05, 4.69) is 17.2 Å². The number of benzene rings is 1. The molecule has 1 aromatic heterocycles. The van der Waals surface area contributed by atoms with Crippen molar-refractivity contribution in [2.24, 2.45) is 5.92 Å². The van der Waals surface area contributed by atoms with Gasteiger partial charge in [-0.3, -0.25) is 4.79 Å². The summed E-state index contributed by atoms with van der Waals surface area (Å²) < 4.78 is 5.64. The monoisotopic (exact) mass is 353 g/mol. The SMILES string of the molecule is CC1CCN(C(=O)c2ccc(Nc3ccc(OC(C)C)cc3)cn2)CC1. The molecule has 0 aliphatic carbocycles. The number of piperidine rings is 1. The number of hydrogen-bond acceptors (Lipinski definition) is 4. The Morgan fingerprint density at radius 2 is 1.77 bits per heavy atom. The minimum atomic E-state index is 0.0265. The van der Waals surface area contributed by atoms with Crippen LogP contribution in [-0.4, -0.2) is 35.0 Å². The molecule has 0 saturated carbocycles. The molecule has 0 unspecified atom stereocenters. The van der Waals surface area contributed by atoms with Gasteiger partial charge < -0.3 is 15.0 Å². The molecule has 0 atom stereocenters. The Morgan fingerprint density at radius 3 is 2.35 bits per heavy atom. The van der Waals surface area contributed by atoms with E-state index in [1.807, 2.05) is 49.1 Å². The van der Waals surface area contributed by atoms with Crippen LogP contribution in [0, 0.1) is 5.92 Å². The molecule has 1 aliphatic heterocycles. The Hall–Kier alpha value is -2.56. The van der Waals surface area contributed by atoms with Gasteiger partial charge in [-0.25, -0.2) is 4.98 Å². The van der Waals surface area contributed by atoms with Crippen LogP contribution in [0.2, 0.25) is 0 Å². The second kappa shape index (κ2) is 8.21. The van der Waals surface area contributed by atoms with Crippen LogP contribution in [0.3, 0.4) is 0 Å². The van der Waals surface area contributed by atoms with E-state index in [1.54, 1.807) is 12.3 Å². The first-order valence-electron chi connectivity index (χ1n) is 9.30. The van der Waals surface area contributed by atoms with E-state index in [9.17, 15) is 4.79 Å². The van der Waals surface area contributed by atoms with E-state index in [-0.39, 0.29) is 12.0 Å². The molecule has 1 fully saturated rings. The first-order chi connectivity index (χ1) is 12.5. The molecule has 3 rings (SSSR count). The van der Waals surface area contributed by atoms with E-state index in [1.165, 1.54) is 0 Å². The summed E-state index contributed by atoms with van der Waals surface area (Å²) in [6.45, 7) is 7.90. The molecule has 2 aromatic rings. The van der Waals surface area contributed by atoms with E-state index >= 15 is 0 Å². The van der Waals surface area contributed by atoms with Crippen molar-refractivity contribution in [3.8, 4) is 5.75 Å². The van der Waals surface area contributed by atoms with E-state index in [0.717, 1.165) is 43.1 Å². The maximum atomic E-state index is 12.5. The van der Waals surface area contributed by atoms with Crippen LogP contribution in [0.5, 0.6) is 5.75 Å². The third-order valence-corrected chi connectivity index (χ3v) is 4.57. The fraction of sp³-hybridized carbons (Fsp3) is 0.429. The van der Waals surface area contributed by atoms with Crippen LogP contribution in [0.25, 0.3) is 0 Å². The lowest BCUT2D eigenvalue weighted by molar-refractivity contribution is 0.0691. The average Bonchev–Trinajstić information content (AvgIpc) is 2.64. The molecule has 1 saturated heterocycles. The van der Waals surface area contributed by atoms with Gasteiger partial charge in [-0.1, -0.05) is 6.92 Å². The second-order valence-electron chi connectivity index (χ2n) is 7.22. The quantitative estimate of drug-likeness (QED) is 0.861. The maximum absolute atomic E-state index is 12.5. The maximum Gasteiger partial charge on any atom is 0.272 e. The number of ether oxygens (including phenoxy) is 1. The van der Waals surface area contributed by atoms with Crippen molar-refractivity contribution >= 4 is 17.3 Å². The summed E-state index contributed by atoms with van der Waals surface area (Å²) >= 11 is 0. The predicted octanol–water partition coefficient (Wildman–Crippen LogP) is 4.48. The molecule has 1 amide bonds. The summed E-state index contributed by atoms with van der Waals surface area (Å²) in [6, 6.07) is 11.5. The highest BCUT2D eigenvalue weighted by Gasteiger charge is 2.22. The Morgan fingerprint density at radius 1 is 1.12 bits per heavy atom. The van der Waals surface area contributed by atoms with Crippen LogP contribution in [-0.2, 0) is 0 Å². The Balaban J connectivity index is 1.59. The number of anilines is 2. The lowest BCUT2D eigenvalue weighted by Crippen LogP contribution is -2.38. The molecule has 2 heterocycles. The molecule has 5 heteroatoms. The number of nitrogens with zero attached hydrogens (tertiary/aromatic N) is 2. The molecule has 1 aliphatic rings. The van der Waals surface area contributed by atoms with Crippen LogP contribution in [0.1, 0.15) is 44.1 Å². The number of hydrogen-bond donors (Lipinski definition) is 1. The van der Waals surface area contributed by atoms with Crippen molar-refractivity contribution in [2.45, 2.75) is 39.7 Å². The summed E-state index contributed by atoms with van der Waals surface area (Å²) in [7, 11) is 0. The fourth-order valence-electron chi connectivity index (χ4n) is 3.02. The standard InChI is InChI=1S/C21H27N3O2/c1-15(2)26-19-7-4-17(5-8-19)23-18-6-9-20(22-14-18)21(25)24-12-10-16(3)11-13-24/h4-9,14-16,23H,10-13H2,1-3H3. The van der Waals surface area contributed by atoms with Gasteiger partial charge in [-0.2, -0.15) is 0 Å². The summed E-state index contributed by atoms with van der Waals surface area (Å²) in [6.07, 6.45) is 4.01. The number of carbonyl (C=O) groups is 1. The molecule has 0 bridgehead atoms. The van der Waals surface area contributed by atoms with Gasteiger partial charge in [-0.05, 0) is 69.0 Å². The van der Waals surface area contributed by atoms with E-state index in [0.29, 0.717) is 11.6 Å². The van der Waals surface area contributed by atoms with Gasteiger partial charge in [0.05, 0.1) is 18.0 Å². The van der Waals surface area contributed by atoms with Crippen molar-refractivity contribution in [1.29, 1.82) is 0 Å². The van der Waals surface area contributed by atoms with E-state index < -0.39 is 0 Å². The number of amides is 1. The van der Waals surface area contributed by atoms with Gasteiger partial charge >= 0.3 is 0 Å². The Bertz CT molecular complexity index is 718. The highest BCUT2D eigenvalue weighted by molar-refractivity contribution is 5.92. The van der Waals surface area contributed by atoms with Crippen LogP contribution in [0.4, 0.5) is 11.4 Å². The number of likely N-dealkylation sites (tertiary alicyclic amines) is 1. The average molecular weight is 353 g/mol. The number of aromatic nitrogens is 1. The summed E-state index contributed by atoms with van der Waals surface area (Å²) in [5.74, 6) is 1.58. The fourth-order valence-corrected chi connectivity index (χ4v) is 3.02. The van der Waals surface area contributed by atoms with Crippen molar-refractivity contribution in [3.05, 3.63) is 48.3 Å². The zero-order valence-electron chi connectivity index (χ0n) is 15.7. The van der Waals surface area contributed by atoms with Crippen LogP contribution in [0.15, 0.2) is 42.6 Å². The minimum absolute atomic E-state index is 0.0265. The largest absolute Gasteiger partial charge is 0.491 e. The smallest absolute Gasteiger partial charge is 0.272 e. The summed E-state index contributed by atoms with van der Waals surface area (Å²) in [5.41, 5.74) is 2.31. The minimum Gasteiger partial charge on any atom is -0.491 e. The topological polar surface area (TPSA) is 54.5 Å². The normalized spacial score (nSPS) is 15.2. The Labute approximate surface area is 155 Å². The zero-order valence-corrected chi connectivity index (χ0v) is 15.7. The van der Waals surface area contributed by atoms with E-state index in [4.69, 9.17) is 4.74 Å². The van der Waals surface area contributed by atoms with Crippen LogP contribution >= 0.6 is 0 Å². The van der Waals surface area contributed by atoms with Crippen LogP contribution < -0.4 is 10.1 Å². The summed E-state index contributed by atoms with van der Waals surface area (Å²) in [4.78, 5) is 18.8. The molecule has 1 N–H and O–H groups in total. The summed E-state index contributed by atoms with van der Waals surface area (Å²) in [5, 5.41) is 3.29. The molecule has 26 heavy (non-hydrogen) atoms. The third kappa shape index (κ3) is 4.75. The first-order valence-corrected chi connectivity index (χ1v) is 9.30. The van der Waals surface area contributed by atoms with Gasteiger partial charge in [0.2, 0.25) is 0 Å². The lowest BCUT2D eigenvalue weighted by Gasteiger charge is -2.30. The second-order valence-corrected chi connectivity index (χ2v) is 7.22. The lowest BCUT2D eigenvalue weighted by atomic mass is 9.99. The molecule has 138 valence electrons. The zero-order chi connectivity index (χ0) is 18.5. The molecular weight excluding hydrogens is 326 g/mol. The number of carbonyl (C=O) groups excluding carboxylic acids is 1. The molecule has 0 spiro atoms. The van der Waals surface area contributed by atoms with Gasteiger partial charge in [0.1, 0.15) is 11.4 Å². The first kappa shape index (κ1) is 18.2. The van der Waals surface area contributed by atoms with Crippen molar-refractivity contribution in [1.82, 2.24) is 9.88 Å². The van der Waals surface area contributed by atoms with Gasteiger partial charge in [0, 0.05) is 18.8 Å². The molecule has 5 nitrogen and oxygen atoms in total. The third-order valence-electron chi connectivity index (χ3n) is 4.57. The van der Waals surface area contributed by atoms with Crippen molar-refractivity contribution < 1.29 is 9.53 Å². The Kier molecular flexibility index (Phi) is 5.76. The number of pyridine rings is 1. The molecular formula is C21H27N3O2. The van der Waals surface area contributed by atoms with Gasteiger partial charge in [0.25, 0.3) is 5.91 Å². The van der Waals surface area contributed by atoms with Crippen molar-refractivity contribution in [3.63, 3.8) is 0 Å². The number of rotatable bonds is 5. The van der Waals surface area contributed by atoms with Gasteiger partial charge in [-0.15, -0.1) is 0 Å². The predicted molar refractivity (Wildman–Crippen MR) is 104 cm³/mol. The number of nitrogens with one attached hydrogen (secondary N) is 1. The highest BCUT2D eigenvalue weighted by atomic mass is 16.5. The molecule has 1 aromatic carbocycles. The van der Waals surface area contributed by atoms with Gasteiger partial charge in [0.15, 0.2) is 0 Å².